The van der Waals surface area contributed by atoms with Crippen LogP contribution in [0.1, 0.15) is 10.4 Å². The molecule has 1 aliphatic heterocycles. The van der Waals surface area contributed by atoms with Gasteiger partial charge in [-0.1, -0.05) is 0 Å². The Bertz CT molecular complexity index is 1080. The monoisotopic (exact) mass is 408 g/mol. The van der Waals surface area contributed by atoms with Crippen molar-refractivity contribution < 1.29 is 27.4 Å². The first-order valence-electron chi connectivity index (χ1n) is 8.48. The lowest BCUT2D eigenvalue weighted by Gasteiger charge is -2.16. The van der Waals surface area contributed by atoms with Crippen LogP contribution in [0.25, 0.3) is 5.65 Å². The predicted octanol–water partition coefficient (Wildman–Crippen LogP) is 2.54. The van der Waals surface area contributed by atoms with Gasteiger partial charge in [0.05, 0.1) is 18.4 Å². The van der Waals surface area contributed by atoms with Gasteiger partial charge in [-0.15, -0.1) is 13.2 Å². The molecule has 0 unspecified atom stereocenters. The van der Waals surface area contributed by atoms with Crippen LogP contribution in [0.5, 0.6) is 11.5 Å². The molecule has 2 aromatic heterocycles. The van der Waals surface area contributed by atoms with Crippen LogP contribution in [0.4, 0.5) is 30.5 Å². The molecular formula is C17H15F3N6O3. The van der Waals surface area contributed by atoms with Gasteiger partial charge in [0.1, 0.15) is 29.6 Å². The highest BCUT2D eigenvalue weighted by molar-refractivity contribution is 6.00. The third-order valence-electron chi connectivity index (χ3n) is 4.07. The summed E-state index contributed by atoms with van der Waals surface area (Å²) in [5.41, 5.74) is 0.438. The van der Waals surface area contributed by atoms with Gasteiger partial charge in [0.2, 0.25) is 0 Å². The van der Waals surface area contributed by atoms with Crippen LogP contribution >= 0.6 is 0 Å². The second-order valence-electron chi connectivity index (χ2n) is 6.01. The average molecular weight is 408 g/mol. The van der Waals surface area contributed by atoms with Gasteiger partial charge in [0, 0.05) is 19.2 Å². The van der Waals surface area contributed by atoms with Crippen LogP contribution in [-0.4, -0.2) is 47.1 Å². The van der Waals surface area contributed by atoms with Gasteiger partial charge < -0.3 is 25.4 Å². The maximum atomic E-state index is 12.8. The smallest absolute Gasteiger partial charge is 0.492 e. The molecular weight excluding hydrogens is 393 g/mol. The Hall–Kier alpha value is -3.70. The fourth-order valence-electron chi connectivity index (χ4n) is 2.84. The maximum Gasteiger partial charge on any atom is 0.573 e. The van der Waals surface area contributed by atoms with Crippen LogP contribution in [-0.2, 0) is 0 Å². The van der Waals surface area contributed by atoms with Crippen LogP contribution in [0.3, 0.4) is 0 Å². The van der Waals surface area contributed by atoms with E-state index in [4.69, 9.17) is 4.74 Å². The third-order valence-corrected chi connectivity index (χ3v) is 4.07. The largest absolute Gasteiger partial charge is 0.573 e. The molecule has 152 valence electrons. The number of benzene rings is 1. The fourth-order valence-corrected chi connectivity index (χ4v) is 2.84. The third kappa shape index (κ3) is 3.81. The molecule has 12 heteroatoms. The van der Waals surface area contributed by atoms with Crippen molar-refractivity contribution in [1.29, 1.82) is 0 Å². The van der Waals surface area contributed by atoms with Crippen molar-refractivity contribution >= 4 is 28.9 Å². The quantitative estimate of drug-likeness (QED) is 0.599. The molecule has 0 saturated heterocycles. The average Bonchev–Trinajstić information content (AvgIpc) is 3.08. The number of amides is 1. The number of nitrogens with zero attached hydrogens (tertiary/aromatic N) is 3. The first kappa shape index (κ1) is 18.7. The number of fused-ring (bicyclic) bond motifs is 3. The van der Waals surface area contributed by atoms with Crippen molar-refractivity contribution in [1.82, 2.24) is 19.9 Å². The van der Waals surface area contributed by atoms with E-state index in [1.807, 2.05) is 0 Å². The van der Waals surface area contributed by atoms with Gasteiger partial charge in [-0.05, 0) is 12.1 Å². The van der Waals surface area contributed by atoms with Crippen LogP contribution in [0, 0.1) is 0 Å². The topological polar surface area (TPSA) is 102 Å². The van der Waals surface area contributed by atoms with Gasteiger partial charge in [0.15, 0.2) is 11.4 Å². The van der Waals surface area contributed by atoms with Crippen molar-refractivity contribution in [2.75, 3.05) is 30.8 Å². The number of hydrogen-bond acceptors (Lipinski definition) is 7. The van der Waals surface area contributed by atoms with E-state index < -0.39 is 18.0 Å². The van der Waals surface area contributed by atoms with E-state index in [0.29, 0.717) is 11.6 Å². The van der Waals surface area contributed by atoms with Crippen LogP contribution in [0.2, 0.25) is 0 Å². The summed E-state index contributed by atoms with van der Waals surface area (Å²) in [7, 11) is 1.64. The predicted molar refractivity (Wildman–Crippen MR) is 96.8 cm³/mol. The lowest BCUT2D eigenvalue weighted by atomic mass is 10.2. The molecule has 29 heavy (non-hydrogen) atoms. The van der Waals surface area contributed by atoms with Crippen LogP contribution in [0.15, 0.2) is 30.5 Å². The molecule has 0 spiro atoms. The van der Waals surface area contributed by atoms with Crippen molar-refractivity contribution in [2.24, 2.45) is 0 Å². The van der Waals surface area contributed by atoms with Crippen LogP contribution < -0.4 is 25.4 Å². The van der Waals surface area contributed by atoms with E-state index in [1.54, 1.807) is 7.05 Å². The lowest BCUT2D eigenvalue weighted by Crippen LogP contribution is -2.28. The molecule has 3 aromatic rings. The zero-order valence-electron chi connectivity index (χ0n) is 15.0. The zero-order chi connectivity index (χ0) is 20.6. The number of rotatable bonds is 2. The molecule has 4 bridgehead atoms. The number of aromatic nitrogens is 3. The molecule has 3 heterocycles. The Balaban J connectivity index is 1.86. The molecule has 0 saturated carbocycles. The van der Waals surface area contributed by atoms with Crippen molar-refractivity contribution in [3.8, 4) is 11.5 Å². The molecule has 0 radical (unpaired) electrons. The molecule has 1 aromatic carbocycles. The standard InChI is InChI=1S/C17H15F3N6O3/c1-21-14-7-13-24-11-6-9(2-3-12(11)29-17(18,19)20)28-5-4-22-16(27)10-8-23-26(14)15(10)25-13/h2-3,6-8,21H,4-5H2,1H3,(H,22,27)(H,24,25). The van der Waals surface area contributed by atoms with Gasteiger partial charge in [-0.25, -0.2) is 4.98 Å². The van der Waals surface area contributed by atoms with Crippen molar-refractivity contribution in [3.63, 3.8) is 0 Å². The summed E-state index contributed by atoms with van der Waals surface area (Å²) < 4.78 is 49.4. The summed E-state index contributed by atoms with van der Waals surface area (Å²) in [6, 6.07) is 5.39. The fraction of sp³-hybridized carbons (Fsp3) is 0.235. The first-order chi connectivity index (χ1) is 13.8. The summed E-state index contributed by atoms with van der Waals surface area (Å²) in [4.78, 5) is 16.8. The van der Waals surface area contributed by atoms with Crippen molar-refractivity contribution in [3.05, 3.63) is 36.0 Å². The minimum Gasteiger partial charge on any atom is -0.492 e. The number of hydrogen-bond donors (Lipinski definition) is 3. The van der Waals surface area contributed by atoms with Crippen molar-refractivity contribution in [2.45, 2.75) is 6.36 Å². The van der Waals surface area contributed by atoms with E-state index in [2.05, 4.69) is 30.8 Å². The summed E-state index contributed by atoms with van der Waals surface area (Å²) in [6.45, 7) is 0.292. The lowest BCUT2D eigenvalue weighted by molar-refractivity contribution is -0.274. The number of carbonyl (C=O) groups is 1. The number of halogens is 3. The summed E-state index contributed by atoms with van der Waals surface area (Å²) in [6.07, 6.45) is -3.51. The first-order valence-corrected chi connectivity index (χ1v) is 8.48. The SMILES string of the molecule is CNc1cc2nc3c(cnn13)C(=O)NCCOc1ccc(OC(F)(F)F)c(c1)N2. The molecule has 0 atom stereocenters. The highest BCUT2D eigenvalue weighted by Crippen LogP contribution is 2.35. The van der Waals surface area contributed by atoms with Gasteiger partial charge in [0.25, 0.3) is 5.91 Å². The van der Waals surface area contributed by atoms with E-state index in [1.165, 1.54) is 28.9 Å². The molecule has 0 aliphatic carbocycles. The molecule has 3 N–H and O–H groups in total. The second-order valence-corrected chi connectivity index (χ2v) is 6.01. The highest BCUT2D eigenvalue weighted by Gasteiger charge is 2.32. The Morgan fingerprint density at radius 1 is 1.31 bits per heavy atom. The van der Waals surface area contributed by atoms with E-state index in [-0.39, 0.29) is 35.9 Å². The highest BCUT2D eigenvalue weighted by atomic mass is 19.4. The maximum absolute atomic E-state index is 12.8. The molecule has 0 fully saturated rings. The Morgan fingerprint density at radius 2 is 2.14 bits per heavy atom. The summed E-state index contributed by atoms with van der Waals surface area (Å²) in [5.74, 6) is 0.100. The van der Waals surface area contributed by atoms with E-state index in [9.17, 15) is 18.0 Å². The number of nitrogens with one attached hydrogen (secondary N) is 3. The Kier molecular flexibility index (Phi) is 4.53. The van der Waals surface area contributed by atoms with E-state index >= 15 is 0 Å². The number of ether oxygens (including phenoxy) is 2. The second kappa shape index (κ2) is 7.04. The van der Waals surface area contributed by atoms with Gasteiger partial charge >= 0.3 is 6.36 Å². The van der Waals surface area contributed by atoms with E-state index in [0.717, 1.165) is 6.07 Å². The minimum absolute atomic E-state index is 0.00155. The molecule has 1 amide bonds. The van der Waals surface area contributed by atoms with Gasteiger partial charge in [-0.2, -0.15) is 9.61 Å². The Labute approximate surface area is 161 Å². The number of alkyl halides is 3. The Morgan fingerprint density at radius 3 is 2.90 bits per heavy atom. The molecule has 9 nitrogen and oxygen atoms in total. The number of carbonyl (C=O) groups excluding carboxylic acids is 1. The molecule has 4 rings (SSSR count). The minimum atomic E-state index is -4.87. The normalized spacial score (nSPS) is 14.1. The molecule has 1 aliphatic rings. The van der Waals surface area contributed by atoms with Gasteiger partial charge in [-0.3, -0.25) is 4.79 Å². The number of anilines is 3. The zero-order valence-corrected chi connectivity index (χ0v) is 15.0. The summed E-state index contributed by atoms with van der Waals surface area (Å²) >= 11 is 0. The summed E-state index contributed by atoms with van der Waals surface area (Å²) in [5, 5.41) is 12.6.